The van der Waals surface area contributed by atoms with Gasteiger partial charge in [0.25, 0.3) is 0 Å². The van der Waals surface area contributed by atoms with E-state index in [1.165, 1.54) is 0 Å². The van der Waals surface area contributed by atoms with E-state index in [-0.39, 0.29) is 21.1 Å². The van der Waals surface area contributed by atoms with Gasteiger partial charge in [0, 0.05) is 6.20 Å². The lowest BCUT2D eigenvalue weighted by Crippen LogP contribution is -2.22. The zero-order valence-corrected chi connectivity index (χ0v) is 8.23. The Bertz CT molecular complexity index is 467. The first-order chi connectivity index (χ1) is 6.49. The fourth-order valence-electron chi connectivity index (χ4n) is 0.886. The van der Waals surface area contributed by atoms with Crippen molar-refractivity contribution in [3.8, 4) is 0 Å². The molecular weight excluding hydrogens is 229 g/mol. The molecule has 0 aromatic carbocycles. The van der Waals surface area contributed by atoms with Crippen LogP contribution in [0.2, 0.25) is 10.0 Å². The first-order valence-electron chi connectivity index (χ1n) is 3.37. The van der Waals surface area contributed by atoms with E-state index in [9.17, 15) is 4.79 Å². The third-order valence-electron chi connectivity index (χ3n) is 1.53. The van der Waals surface area contributed by atoms with Crippen molar-refractivity contribution >= 4 is 35.5 Å². The van der Waals surface area contributed by atoms with Crippen LogP contribution in [-0.2, 0) is 0 Å². The fraction of sp³-hybridized carbons (Fsp3) is 0. The van der Waals surface area contributed by atoms with Gasteiger partial charge < -0.3 is 5.11 Å². The molecule has 0 saturated heterocycles. The van der Waals surface area contributed by atoms with E-state index in [0.29, 0.717) is 0 Å². The summed E-state index contributed by atoms with van der Waals surface area (Å²) in [4.78, 5) is 10.7. The summed E-state index contributed by atoms with van der Waals surface area (Å²) in [5.41, 5.74) is -0.611. The van der Waals surface area contributed by atoms with E-state index in [1.807, 2.05) is 0 Å². The zero-order chi connectivity index (χ0) is 10.9. The normalized spacial score (nSPS) is 9.86. The molecule has 7 heteroatoms. The summed E-state index contributed by atoms with van der Waals surface area (Å²) >= 11 is 11.2. The van der Waals surface area contributed by atoms with Crippen LogP contribution in [-0.4, -0.2) is 22.0 Å². The molecule has 0 atom stereocenters. The van der Waals surface area contributed by atoms with E-state index in [2.05, 4.69) is 0 Å². The maximum atomic E-state index is 10.7. The summed E-state index contributed by atoms with van der Waals surface area (Å²) in [5, 5.41) is 22.6. The number of aromatic carboxylic acids is 1. The van der Waals surface area contributed by atoms with Gasteiger partial charge in [0.15, 0.2) is 0 Å². The summed E-state index contributed by atoms with van der Waals surface area (Å²) in [6.45, 7) is 0. The number of carboxylic acid groups (broad SMARTS) is 1. The average molecular weight is 234 g/mol. The van der Waals surface area contributed by atoms with Gasteiger partial charge in [0.05, 0.1) is 16.4 Å². The second kappa shape index (κ2) is 3.81. The van der Waals surface area contributed by atoms with E-state index in [4.69, 9.17) is 39.1 Å². The number of carbonyl (C=O) groups is 1. The molecule has 1 aromatic rings. The highest BCUT2D eigenvalue weighted by molar-refractivity contribution is 6.39. The summed E-state index contributed by atoms with van der Waals surface area (Å²) in [7, 11) is 0. The Balaban J connectivity index is 3.66. The average Bonchev–Trinajstić information content (AvgIpc) is 2.10. The van der Waals surface area contributed by atoms with Gasteiger partial charge in [0.2, 0.25) is 0 Å². The Morgan fingerprint density at radius 1 is 1.57 bits per heavy atom. The standard InChI is InChI=1S/C7H5Cl2N3O2/c8-3-1-12(2-10)6(11)5(9)4(3)7(13)14/h1-2,10-11H,(H,13,14). The molecule has 0 aliphatic rings. The van der Waals surface area contributed by atoms with Gasteiger partial charge in [-0.05, 0) is 0 Å². The molecule has 0 saturated carbocycles. The van der Waals surface area contributed by atoms with E-state index in [0.717, 1.165) is 17.1 Å². The van der Waals surface area contributed by atoms with Gasteiger partial charge in [0.1, 0.15) is 11.1 Å². The van der Waals surface area contributed by atoms with Gasteiger partial charge in [-0.3, -0.25) is 15.4 Å². The molecule has 5 nitrogen and oxygen atoms in total. The molecule has 0 unspecified atom stereocenters. The molecule has 0 aliphatic heterocycles. The third kappa shape index (κ3) is 1.64. The Morgan fingerprint density at radius 2 is 2.14 bits per heavy atom. The number of hydrogen-bond donors (Lipinski definition) is 3. The molecule has 0 amide bonds. The Kier molecular flexibility index (Phi) is 2.93. The number of hydrogen-bond acceptors (Lipinski definition) is 3. The summed E-state index contributed by atoms with van der Waals surface area (Å²) in [5.74, 6) is -1.30. The molecule has 0 aliphatic carbocycles. The molecule has 74 valence electrons. The van der Waals surface area contributed by atoms with Gasteiger partial charge in [-0.15, -0.1) is 0 Å². The predicted molar refractivity (Wildman–Crippen MR) is 51.4 cm³/mol. The van der Waals surface area contributed by atoms with Gasteiger partial charge >= 0.3 is 5.97 Å². The molecule has 0 spiro atoms. The van der Waals surface area contributed by atoms with E-state index < -0.39 is 5.97 Å². The highest BCUT2D eigenvalue weighted by Crippen LogP contribution is 2.20. The minimum absolute atomic E-state index is 0.109. The van der Waals surface area contributed by atoms with Crippen LogP contribution in [0.3, 0.4) is 0 Å². The lowest BCUT2D eigenvalue weighted by Gasteiger charge is -2.05. The summed E-state index contributed by atoms with van der Waals surface area (Å²) in [6, 6.07) is 0. The van der Waals surface area contributed by atoms with E-state index in [1.54, 1.807) is 0 Å². The molecule has 0 bridgehead atoms. The molecule has 0 radical (unpaired) electrons. The molecule has 1 aromatic heterocycles. The topological polar surface area (TPSA) is 89.9 Å². The molecule has 0 fully saturated rings. The quantitative estimate of drug-likeness (QED) is 0.533. The highest BCUT2D eigenvalue weighted by Gasteiger charge is 2.16. The number of nitrogens with zero attached hydrogens (tertiary/aromatic N) is 1. The summed E-state index contributed by atoms with van der Waals surface area (Å²) < 4.78 is 1.01. The first-order valence-corrected chi connectivity index (χ1v) is 4.13. The minimum Gasteiger partial charge on any atom is -0.478 e. The van der Waals surface area contributed by atoms with Gasteiger partial charge in [-0.25, -0.2) is 4.79 Å². The van der Waals surface area contributed by atoms with Gasteiger partial charge in [-0.1, -0.05) is 23.2 Å². The van der Waals surface area contributed by atoms with Crippen LogP contribution in [0, 0.1) is 10.8 Å². The SMILES string of the molecule is N=Cn1cc(Cl)c(C(=O)O)c(Cl)c1=N. The monoisotopic (exact) mass is 233 g/mol. The fourth-order valence-corrected chi connectivity index (χ4v) is 1.49. The van der Waals surface area contributed by atoms with Crippen molar-refractivity contribution in [3.05, 3.63) is 27.3 Å². The molecule has 1 heterocycles. The minimum atomic E-state index is -1.30. The second-order valence-corrected chi connectivity index (χ2v) is 3.14. The number of halogens is 2. The number of rotatable bonds is 2. The van der Waals surface area contributed by atoms with Gasteiger partial charge in [-0.2, -0.15) is 0 Å². The van der Waals surface area contributed by atoms with Crippen LogP contribution in [0.15, 0.2) is 6.20 Å². The second-order valence-electron chi connectivity index (χ2n) is 2.36. The zero-order valence-electron chi connectivity index (χ0n) is 6.71. The van der Waals surface area contributed by atoms with Crippen LogP contribution in [0.25, 0.3) is 0 Å². The van der Waals surface area contributed by atoms with Crippen molar-refractivity contribution in [1.82, 2.24) is 4.57 Å². The molecule has 3 N–H and O–H groups in total. The van der Waals surface area contributed by atoms with Crippen molar-refractivity contribution in [2.45, 2.75) is 0 Å². The Morgan fingerprint density at radius 3 is 2.57 bits per heavy atom. The van der Waals surface area contributed by atoms with Crippen LogP contribution in [0.5, 0.6) is 0 Å². The maximum absolute atomic E-state index is 10.7. The molecule has 1 rings (SSSR count). The van der Waals surface area contributed by atoms with Crippen LogP contribution in [0.4, 0.5) is 0 Å². The van der Waals surface area contributed by atoms with Crippen molar-refractivity contribution in [1.29, 1.82) is 10.8 Å². The van der Waals surface area contributed by atoms with Crippen molar-refractivity contribution in [3.63, 3.8) is 0 Å². The predicted octanol–water partition coefficient (Wildman–Crippen LogP) is 1.43. The number of pyridine rings is 1. The lowest BCUT2D eigenvalue weighted by molar-refractivity contribution is 0.0697. The number of aromatic nitrogens is 1. The van der Waals surface area contributed by atoms with Crippen molar-refractivity contribution in [2.24, 2.45) is 0 Å². The number of carboxylic acids is 1. The Hall–Kier alpha value is -1.33. The Labute approximate surface area is 88.5 Å². The molecular formula is C7H5Cl2N3O2. The van der Waals surface area contributed by atoms with Crippen LogP contribution < -0.4 is 5.49 Å². The highest BCUT2D eigenvalue weighted by atomic mass is 35.5. The largest absolute Gasteiger partial charge is 0.478 e. The third-order valence-corrected chi connectivity index (χ3v) is 2.18. The van der Waals surface area contributed by atoms with Crippen LogP contribution in [0.1, 0.15) is 10.4 Å². The smallest absolute Gasteiger partial charge is 0.338 e. The lowest BCUT2D eigenvalue weighted by atomic mass is 10.2. The summed E-state index contributed by atoms with van der Waals surface area (Å²) in [6.07, 6.45) is 1.96. The van der Waals surface area contributed by atoms with Crippen molar-refractivity contribution in [2.75, 3.05) is 0 Å². The van der Waals surface area contributed by atoms with Crippen LogP contribution >= 0.6 is 23.2 Å². The first kappa shape index (κ1) is 10.7. The molecule has 14 heavy (non-hydrogen) atoms. The number of nitrogens with one attached hydrogen (secondary N) is 2. The maximum Gasteiger partial charge on any atom is 0.338 e. The van der Waals surface area contributed by atoms with Crippen molar-refractivity contribution < 1.29 is 9.90 Å². The van der Waals surface area contributed by atoms with E-state index >= 15 is 0 Å².